The average Bonchev–Trinajstić information content (AvgIpc) is 2.30. The highest BCUT2D eigenvalue weighted by atomic mass is 79.9. The molecule has 0 atom stereocenters. The summed E-state index contributed by atoms with van der Waals surface area (Å²) >= 11 is 9.65. The summed E-state index contributed by atoms with van der Waals surface area (Å²) in [6.07, 6.45) is 0. The highest BCUT2D eigenvalue weighted by Crippen LogP contribution is 2.31. The second-order valence-electron chi connectivity index (χ2n) is 5.07. The lowest BCUT2D eigenvalue weighted by Gasteiger charge is -2.11. The highest BCUT2D eigenvalue weighted by Gasteiger charge is 2.14. The van der Waals surface area contributed by atoms with Crippen LogP contribution in [0.5, 0.6) is 0 Å². The number of aromatic nitrogens is 2. The molecule has 19 heavy (non-hydrogen) atoms. The second kappa shape index (κ2) is 5.59. The van der Waals surface area contributed by atoms with E-state index in [9.17, 15) is 0 Å². The van der Waals surface area contributed by atoms with Crippen molar-refractivity contribution in [1.29, 1.82) is 0 Å². The Bertz CT molecular complexity index is 604. The van der Waals surface area contributed by atoms with Gasteiger partial charge in [0.1, 0.15) is 5.15 Å². The van der Waals surface area contributed by atoms with Crippen molar-refractivity contribution < 1.29 is 0 Å². The maximum absolute atomic E-state index is 6.19. The molecule has 0 saturated heterocycles. The molecule has 1 aromatic heterocycles. The Morgan fingerprint density at radius 2 is 1.63 bits per heavy atom. The van der Waals surface area contributed by atoms with Gasteiger partial charge in [-0.05, 0) is 47.8 Å². The number of halogens is 2. The van der Waals surface area contributed by atoms with Gasteiger partial charge in [0.05, 0.1) is 10.2 Å². The van der Waals surface area contributed by atoms with E-state index in [1.54, 1.807) is 0 Å². The normalized spacial score (nSPS) is 11.1. The Kier molecular flexibility index (Phi) is 4.26. The van der Waals surface area contributed by atoms with Crippen LogP contribution in [0.4, 0.5) is 0 Å². The van der Waals surface area contributed by atoms with Crippen LogP contribution < -0.4 is 0 Å². The average molecular weight is 340 g/mol. The van der Waals surface area contributed by atoms with Crippen molar-refractivity contribution in [2.24, 2.45) is 0 Å². The van der Waals surface area contributed by atoms with Crippen molar-refractivity contribution in [2.75, 3.05) is 0 Å². The molecule has 0 fully saturated rings. The van der Waals surface area contributed by atoms with Gasteiger partial charge in [-0.2, -0.15) is 0 Å². The Balaban J connectivity index is 2.62. The Labute approximate surface area is 127 Å². The van der Waals surface area contributed by atoms with Gasteiger partial charge in [0, 0.05) is 5.56 Å². The molecule has 1 aromatic carbocycles. The number of benzene rings is 1. The summed E-state index contributed by atoms with van der Waals surface area (Å²) < 4.78 is 0.789. The van der Waals surface area contributed by atoms with Gasteiger partial charge in [0.25, 0.3) is 0 Å². The van der Waals surface area contributed by atoms with Crippen LogP contribution in [0.3, 0.4) is 0 Å². The number of nitrogens with zero attached hydrogens (tertiary/aromatic N) is 2. The number of hydrogen-bond donors (Lipinski definition) is 0. The van der Waals surface area contributed by atoms with Crippen molar-refractivity contribution in [1.82, 2.24) is 9.97 Å². The molecule has 0 saturated carbocycles. The summed E-state index contributed by atoms with van der Waals surface area (Å²) in [7, 11) is 0. The largest absolute Gasteiger partial charge is 0.232 e. The monoisotopic (exact) mass is 338 g/mol. The molecule has 2 aromatic rings. The standard InChI is InChI=1S/C15H16BrClN2/c1-8(2)13-12(16)14(17)19-15(18-13)11-6-9(3)5-10(4)7-11/h5-8H,1-4H3. The van der Waals surface area contributed by atoms with E-state index >= 15 is 0 Å². The zero-order valence-electron chi connectivity index (χ0n) is 11.5. The molecule has 0 unspecified atom stereocenters. The molecule has 100 valence electrons. The summed E-state index contributed by atoms with van der Waals surface area (Å²) in [5.41, 5.74) is 4.34. The Morgan fingerprint density at radius 1 is 1.05 bits per heavy atom. The summed E-state index contributed by atoms with van der Waals surface area (Å²) in [6, 6.07) is 6.29. The van der Waals surface area contributed by atoms with Gasteiger partial charge in [-0.3, -0.25) is 0 Å². The first-order valence-corrected chi connectivity index (χ1v) is 7.37. The van der Waals surface area contributed by atoms with Gasteiger partial charge < -0.3 is 0 Å². The lowest BCUT2D eigenvalue weighted by molar-refractivity contribution is 0.809. The molecule has 0 N–H and O–H groups in total. The molecular weight excluding hydrogens is 324 g/mol. The summed E-state index contributed by atoms with van der Waals surface area (Å²) in [6.45, 7) is 8.32. The molecule has 2 nitrogen and oxygen atoms in total. The van der Waals surface area contributed by atoms with Crippen molar-refractivity contribution in [3.05, 3.63) is 44.6 Å². The van der Waals surface area contributed by atoms with Gasteiger partial charge in [-0.25, -0.2) is 9.97 Å². The van der Waals surface area contributed by atoms with E-state index in [0.717, 1.165) is 15.7 Å². The van der Waals surface area contributed by atoms with Crippen molar-refractivity contribution in [3.63, 3.8) is 0 Å². The zero-order chi connectivity index (χ0) is 14.2. The van der Waals surface area contributed by atoms with E-state index in [2.05, 4.69) is 71.8 Å². The van der Waals surface area contributed by atoms with Crippen molar-refractivity contribution in [2.45, 2.75) is 33.6 Å². The zero-order valence-corrected chi connectivity index (χ0v) is 13.8. The molecule has 0 aliphatic heterocycles. The molecule has 4 heteroatoms. The minimum atomic E-state index is 0.291. The molecule has 0 spiro atoms. The SMILES string of the molecule is Cc1cc(C)cc(-c2nc(Cl)c(Br)c(C(C)C)n2)c1. The predicted molar refractivity (Wildman–Crippen MR) is 83.7 cm³/mol. The van der Waals surface area contributed by atoms with Gasteiger partial charge >= 0.3 is 0 Å². The third kappa shape index (κ3) is 3.15. The van der Waals surface area contributed by atoms with E-state index in [1.807, 2.05) is 0 Å². The topological polar surface area (TPSA) is 25.8 Å². The van der Waals surface area contributed by atoms with Gasteiger partial charge in [-0.15, -0.1) is 0 Å². The first kappa shape index (κ1) is 14.5. The minimum absolute atomic E-state index is 0.291. The third-order valence-corrected chi connectivity index (χ3v) is 4.15. The van der Waals surface area contributed by atoms with Gasteiger partial charge in [-0.1, -0.05) is 42.6 Å². The predicted octanol–water partition coefficient (Wildman–Crippen LogP) is 5.30. The van der Waals surface area contributed by atoms with Crippen LogP contribution in [0.2, 0.25) is 5.15 Å². The second-order valence-corrected chi connectivity index (χ2v) is 6.22. The summed E-state index contributed by atoms with van der Waals surface area (Å²) in [5.74, 6) is 0.975. The van der Waals surface area contributed by atoms with Crippen molar-refractivity contribution >= 4 is 27.5 Å². The van der Waals surface area contributed by atoms with Crippen LogP contribution in [0.25, 0.3) is 11.4 Å². The highest BCUT2D eigenvalue weighted by molar-refractivity contribution is 9.10. The fourth-order valence-corrected chi connectivity index (χ4v) is 2.86. The lowest BCUT2D eigenvalue weighted by atomic mass is 10.1. The van der Waals surface area contributed by atoms with Gasteiger partial charge in [0.15, 0.2) is 5.82 Å². The fraction of sp³-hybridized carbons (Fsp3) is 0.333. The third-order valence-electron chi connectivity index (χ3n) is 2.86. The first-order valence-electron chi connectivity index (χ1n) is 6.20. The molecular formula is C15H16BrClN2. The molecule has 0 bridgehead atoms. The molecule has 0 radical (unpaired) electrons. The molecule has 0 aliphatic carbocycles. The quantitative estimate of drug-likeness (QED) is 0.694. The van der Waals surface area contributed by atoms with E-state index in [-0.39, 0.29) is 0 Å². The number of rotatable bonds is 2. The minimum Gasteiger partial charge on any atom is -0.232 e. The van der Waals surface area contributed by atoms with Crippen LogP contribution in [0.1, 0.15) is 36.6 Å². The fourth-order valence-electron chi connectivity index (χ4n) is 2.05. The Morgan fingerprint density at radius 3 is 2.16 bits per heavy atom. The Hall–Kier alpha value is -0.930. The van der Waals surface area contributed by atoms with Crippen molar-refractivity contribution in [3.8, 4) is 11.4 Å². The molecule has 1 heterocycles. The molecule has 0 aliphatic rings. The van der Waals surface area contributed by atoms with E-state index in [1.165, 1.54) is 11.1 Å². The maximum atomic E-state index is 6.19. The van der Waals surface area contributed by atoms with Crippen LogP contribution in [-0.2, 0) is 0 Å². The summed E-state index contributed by atoms with van der Waals surface area (Å²) in [5, 5.41) is 0.466. The van der Waals surface area contributed by atoms with Crippen LogP contribution >= 0.6 is 27.5 Å². The van der Waals surface area contributed by atoms with E-state index < -0.39 is 0 Å². The first-order chi connectivity index (χ1) is 8.88. The molecule has 2 rings (SSSR count). The van der Waals surface area contributed by atoms with E-state index in [0.29, 0.717) is 16.9 Å². The molecule has 0 amide bonds. The van der Waals surface area contributed by atoms with Crippen LogP contribution in [-0.4, -0.2) is 9.97 Å². The number of hydrogen-bond acceptors (Lipinski definition) is 2. The van der Waals surface area contributed by atoms with Gasteiger partial charge in [0.2, 0.25) is 0 Å². The van der Waals surface area contributed by atoms with Crippen LogP contribution in [0, 0.1) is 13.8 Å². The maximum Gasteiger partial charge on any atom is 0.161 e. The summed E-state index contributed by atoms with van der Waals surface area (Å²) in [4.78, 5) is 9.02. The number of aryl methyl sites for hydroxylation is 2. The van der Waals surface area contributed by atoms with E-state index in [4.69, 9.17) is 11.6 Å². The smallest absolute Gasteiger partial charge is 0.161 e. The lowest BCUT2D eigenvalue weighted by Crippen LogP contribution is -2.00. The van der Waals surface area contributed by atoms with Crippen LogP contribution in [0.15, 0.2) is 22.7 Å².